The lowest BCUT2D eigenvalue weighted by Crippen LogP contribution is -2.30. The van der Waals surface area contributed by atoms with E-state index in [0.29, 0.717) is 19.3 Å². The summed E-state index contributed by atoms with van der Waals surface area (Å²) in [6.07, 6.45) is 101. The van der Waals surface area contributed by atoms with E-state index in [1.807, 2.05) is 0 Å². The average Bonchev–Trinajstić information content (AvgIpc) is 1.06. The fourth-order valence-corrected chi connectivity index (χ4v) is 12.8. The number of unbranched alkanes of at least 4 members (excludes halogenated alkanes) is 32. The Bertz CT molecular complexity index is 2530. The molecule has 18 heteroatoms. The van der Waals surface area contributed by atoms with E-state index < -0.39 is 91.5 Å². The van der Waals surface area contributed by atoms with Gasteiger partial charge in [0, 0.05) is 19.3 Å². The van der Waals surface area contributed by atoms with Crippen LogP contribution in [0.3, 0.4) is 0 Å². The zero-order valence-electron chi connectivity index (χ0n) is 67.3. The molecule has 16 nitrogen and oxygen atoms in total. The Morgan fingerprint density at radius 3 is 0.785 bits per heavy atom. The molecule has 107 heavy (non-hydrogen) atoms. The standard InChI is InChI=1S/C89H152O16P2/c1-4-7-10-13-16-19-22-25-27-29-31-33-35-37-39-40-41-42-44-46-47-49-51-53-55-58-60-63-66-69-72-75-87(92)99-78-84(90)79-101-106(95,96)102-80-85(91)81-103-107(97,98)104-83-86(105-89(94)77-74-71-68-65-62-57-24-21-18-15-12-9-6-3)82-100-88(93)76-73-70-67-64-61-59-56-54-52-50-48-45-43-38-36-34-32-30-28-26-23-20-17-14-11-8-5-2/h7-8,10-12,15-17,19-21,24-28,31-34,37-39,43,84-86,90-91H,4-6,9,13-14,18,22-23,29-30,35-36,40-42,44-83H2,1-3H3,(H,95,96)(H,97,98)/b10-7-,11-8-,15-12-,19-16-,20-17-,24-21-,27-25-,28-26-,33-31-,34-32-,39-37-,43-38-. The van der Waals surface area contributed by atoms with Crippen molar-refractivity contribution in [3.63, 3.8) is 0 Å². The first kappa shape index (κ1) is 102. The van der Waals surface area contributed by atoms with E-state index in [1.54, 1.807) is 0 Å². The van der Waals surface area contributed by atoms with Crippen molar-refractivity contribution in [1.82, 2.24) is 0 Å². The van der Waals surface area contributed by atoms with Crippen molar-refractivity contribution < 1.29 is 75.8 Å². The van der Waals surface area contributed by atoms with E-state index in [1.165, 1.54) is 116 Å². The summed E-state index contributed by atoms with van der Waals surface area (Å²) in [6.45, 7) is 2.39. The highest BCUT2D eigenvalue weighted by molar-refractivity contribution is 7.47. The zero-order valence-corrected chi connectivity index (χ0v) is 69.1. The molecule has 5 atom stereocenters. The van der Waals surface area contributed by atoms with E-state index in [-0.39, 0.29) is 19.3 Å². The molecular weight excluding hydrogens is 1390 g/mol. The predicted molar refractivity (Wildman–Crippen MR) is 445 cm³/mol. The van der Waals surface area contributed by atoms with Gasteiger partial charge in [-0.1, -0.05) is 334 Å². The summed E-state index contributed by atoms with van der Waals surface area (Å²) < 4.78 is 61.2. The number of phosphoric acid groups is 2. The number of carbonyl (C=O) groups excluding carboxylic acids is 3. The molecule has 0 aromatic heterocycles. The minimum absolute atomic E-state index is 0.0856. The van der Waals surface area contributed by atoms with Gasteiger partial charge in [0.15, 0.2) is 6.10 Å². The van der Waals surface area contributed by atoms with Gasteiger partial charge in [-0.15, -0.1) is 0 Å². The van der Waals surface area contributed by atoms with E-state index in [4.69, 9.17) is 32.3 Å². The summed E-state index contributed by atoms with van der Waals surface area (Å²) in [4.78, 5) is 58.7. The van der Waals surface area contributed by atoms with Crippen LogP contribution in [0.25, 0.3) is 0 Å². The van der Waals surface area contributed by atoms with Gasteiger partial charge in [0.25, 0.3) is 0 Å². The summed E-state index contributed by atoms with van der Waals surface area (Å²) in [5.74, 6) is -1.59. The van der Waals surface area contributed by atoms with Gasteiger partial charge >= 0.3 is 33.6 Å². The molecule has 0 saturated heterocycles. The highest BCUT2D eigenvalue weighted by Gasteiger charge is 2.29. The van der Waals surface area contributed by atoms with Gasteiger partial charge in [-0.25, -0.2) is 9.13 Å². The number of rotatable bonds is 79. The van der Waals surface area contributed by atoms with Crippen LogP contribution in [0.5, 0.6) is 0 Å². The molecular formula is C89H152O16P2. The van der Waals surface area contributed by atoms with Crippen LogP contribution >= 0.6 is 15.6 Å². The Balaban J connectivity index is 4.45. The molecule has 0 aromatic rings. The molecule has 0 spiro atoms. The highest BCUT2D eigenvalue weighted by atomic mass is 31.2. The summed E-state index contributed by atoms with van der Waals surface area (Å²) >= 11 is 0. The van der Waals surface area contributed by atoms with Crippen molar-refractivity contribution in [3.8, 4) is 0 Å². The van der Waals surface area contributed by atoms with E-state index in [9.17, 15) is 43.5 Å². The molecule has 0 aliphatic rings. The quantitative estimate of drug-likeness (QED) is 0.0146. The number of aliphatic hydroxyl groups is 2. The van der Waals surface area contributed by atoms with Crippen LogP contribution in [0.1, 0.15) is 342 Å². The minimum Gasteiger partial charge on any atom is -0.463 e. The normalized spacial score (nSPS) is 14.6. The monoisotopic (exact) mass is 1540 g/mol. The lowest BCUT2D eigenvalue weighted by atomic mass is 10.0. The van der Waals surface area contributed by atoms with Gasteiger partial charge in [0.1, 0.15) is 25.4 Å². The Morgan fingerprint density at radius 1 is 0.271 bits per heavy atom. The number of esters is 3. The summed E-state index contributed by atoms with van der Waals surface area (Å²) in [6, 6.07) is 0. The van der Waals surface area contributed by atoms with Crippen LogP contribution in [-0.4, -0.2) is 95.9 Å². The Labute approximate surface area is 651 Å². The number of carbonyl (C=O) groups is 3. The van der Waals surface area contributed by atoms with Gasteiger partial charge in [-0.05, 0) is 135 Å². The maximum absolute atomic E-state index is 13.0. The molecule has 0 heterocycles. The first-order valence-electron chi connectivity index (χ1n) is 42.1. The van der Waals surface area contributed by atoms with Crippen molar-refractivity contribution >= 4 is 33.6 Å². The molecule has 0 bridgehead atoms. The van der Waals surface area contributed by atoms with Gasteiger partial charge in [0.05, 0.1) is 26.4 Å². The first-order chi connectivity index (χ1) is 52.2. The van der Waals surface area contributed by atoms with E-state index in [0.717, 1.165) is 167 Å². The molecule has 0 aliphatic carbocycles. The van der Waals surface area contributed by atoms with Crippen LogP contribution < -0.4 is 0 Å². The summed E-state index contributed by atoms with van der Waals surface area (Å²) in [7, 11) is -9.80. The average molecular weight is 1540 g/mol. The fourth-order valence-electron chi connectivity index (χ4n) is 11.2. The molecule has 0 aliphatic heterocycles. The lowest BCUT2D eigenvalue weighted by Gasteiger charge is -2.21. The van der Waals surface area contributed by atoms with Crippen molar-refractivity contribution in [1.29, 1.82) is 0 Å². The van der Waals surface area contributed by atoms with Gasteiger partial charge in [0.2, 0.25) is 0 Å². The van der Waals surface area contributed by atoms with Crippen LogP contribution in [0.4, 0.5) is 0 Å². The third kappa shape index (κ3) is 82.2. The third-order valence-corrected chi connectivity index (χ3v) is 19.4. The minimum atomic E-state index is -4.94. The molecule has 0 saturated carbocycles. The second kappa shape index (κ2) is 80.9. The summed E-state index contributed by atoms with van der Waals surface area (Å²) in [5, 5.41) is 20.7. The second-order valence-corrected chi connectivity index (χ2v) is 30.8. The largest absolute Gasteiger partial charge is 0.472 e. The Kier molecular flexibility index (Phi) is 77.5. The second-order valence-electron chi connectivity index (χ2n) is 27.9. The van der Waals surface area contributed by atoms with Crippen LogP contribution in [0.2, 0.25) is 0 Å². The number of phosphoric ester groups is 2. The van der Waals surface area contributed by atoms with Gasteiger partial charge in [-0.2, -0.15) is 0 Å². The number of hydrogen-bond donors (Lipinski definition) is 4. The topological polar surface area (TPSA) is 231 Å². The van der Waals surface area contributed by atoms with Crippen LogP contribution in [-0.2, 0) is 55.8 Å². The predicted octanol–water partition coefficient (Wildman–Crippen LogP) is 25.2. The third-order valence-electron chi connectivity index (χ3n) is 17.5. The fraction of sp³-hybridized carbons (Fsp3) is 0.697. The van der Waals surface area contributed by atoms with Crippen molar-refractivity contribution in [3.05, 3.63) is 146 Å². The lowest BCUT2D eigenvalue weighted by molar-refractivity contribution is -0.161. The Hall–Kier alpha value is -4.57. The Morgan fingerprint density at radius 2 is 0.495 bits per heavy atom. The van der Waals surface area contributed by atoms with Gasteiger partial charge in [-0.3, -0.25) is 32.5 Å². The number of allylic oxidation sites excluding steroid dienone is 24. The SMILES string of the molecule is CC/C=C\C/C=C\C/C=C\C/C=C\C/C=C\CCCCCCCCCCCCCCCCCC(=O)OCC(O)COP(=O)(O)OCC(O)COP(=O)(O)OCC(COC(=O)CCCCCCCCCCCCC/C=C\C/C=C\C/C=C\C/C=C\C/C=C\CC)OC(=O)CCCCCCC/C=C\C/C=C\CCC. The maximum atomic E-state index is 13.0. The number of hydrogen-bond acceptors (Lipinski definition) is 14. The van der Waals surface area contributed by atoms with Gasteiger partial charge < -0.3 is 34.2 Å². The van der Waals surface area contributed by atoms with E-state index >= 15 is 0 Å². The number of aliphatic hydroxyl groups excluding tert-OH is 2. The van der Waals surface area contributed by atoms with Crippen LogP contribution in [0.15, 0.2) is 146 Å². The highest BCUT2D eigenvalue weighted by Crippen LogP contribution is 2.45. The molecule has 0 aromatic carbocycles. The molecule has 0 rings (SSSR count). The molecule has 0 amide bonds. The van der Waals surface area contributed by atoms with Crippen LogP contribution in [0, 0.1) is 0 Å². The van der Waals surface area contributed by atoms with Crippen molar-refractivity contribution in [2.45, 2.75) is 360 Å². The van der Waals surface area contributed by atoms with Crippen molar-refractivity contribution in [2.75, 3.05) is 39.6 Å². The maximum Gasteiger partial charge on any atom is 0.472 e. The smallest absolute Gasteiger partial charge is 0.463 e. The van der Waals surface area contributed by atoms with E-state index in [2.05, 4.69) is 167 Å². The zero-order chi connectivity index (χ0) is 78.0. The molecule has 4 N–H and O–H groups in total. The summed E-state index contributed by atoms with van der Waals surface area (Å²) in [5.41, 5.74) is 0. The van der Waals surface area contributed by atoms with Crippen molar-refractivity contribution in [2.24, 2.45) is 0 Å². The molecule has 0 fully saturated rings. The molecule has 614 valence electrons. The number of ether oxygens (including phenoxy) is 3. The molecule has 5 unspecified atom stereocenters. The first-order valence-corrected chi connectivity index (χ1v) is 45.1. The molecule has 0 radical (unpaired) electrons.